The van der Waals surface area contributed by atoms with Crippen LogP contribution in [-0.4, -0.2) is 58.3 Å². The molecule has 2 fully saturated rings. The van der Waals surface area contributed by atoms with Crippen LogP contribution < -0.4 is 0 Å². The first-order valence-corrected chi connectivity index (χ1v) is 11.5. The Hall–Kier alpha value is -2.40. The van der Waals surface area contributed by atoms with Crippen LogP contribution in [-0.2, 0) is 11.3 Å². The van der Waals surface area contributed by atoms with Gasteiger partial charge in [-0.25, -0.2) is 0 Å². The van der Waals surface area contributed by atoms with Gasteiger partial charge in [0.1, 0.15) is 0 Å². The van der Waals surface area contributed by atoms with E-state index in [4.69, 9.17) is 0 Å². The molecule has 1 amide bonds. The number of hydrogen-bond donors (Lipinski definition) is 0. The van der Waals surface area contributed by atoms with Gasteiger partial charge in [-0.15, -0.1) is 0 Å². The minimum Gasteiger partial charge on any atom is -0.342 e. The van der Waals surface area contributed by atoms with Crippen molar-refractivity contribution in [1.29, 1.82) is 0 Å². The van der Waals surface area contributed by atoms with Gasteiger partial charge in [0, 0.05) is 36.9 Å². The minimum absolute atomic E-state index is 0.0392. The number of benzene rings is 1. The maximum absolute atomic E-state index is 13.3. The van der Waals surface area contributed by atoms with Gasteiger partial charge in [0.05, 0.1) is 11.6 Å². The van der Waals surface area contributed by atoms with Crippen LogP contribution in [0.2, 0.25) is 0 Å². The van der Waals surface area contributed by atoms with Crippen LogP contribution in [0.15, 0.2) is 42.5 Å². The third kappa shape index (κ3) is 3.60. The third-order valence-corrected chi connectivity index (χ3v) is 7.26. The Morgan fingerprint density at radius 1 is 0.767 bits per heavy atom. The summed E-state index contributed by atoms with van der Waals surface area (Å²) in [5.74, 6) is 0.189. The molecular formula is C25H31N3O2. The number of rotatable bonds is 4. The molecule has 1 atom stereocenters. The minimum atomic E-state index is -0.103. The van der Waals surface area contributed by atoms with E-state index in [1.165, 1.54) is 32.4 Å². The molecule has 2 aromatic rings. The zero-order chi connectivity index (χ0) is 20.5. The van der Waals surface area contributed by atoms with Gasteiger partial charge in [0.25, 0.3) is 0 Å². The number of likely N-dealkylation sites (tertiary alicyclic amines) is 2. The van der Waals surface area contributed by atoms with Gasteiger partial charge in [-0.05, 0) is 57.3 Å². The molecule has 5 heteroatoms. The molecule has 1 unspecified atom stereocenters. The lowest BCUT2D eigenvalue weighted by Crippen LogP contribution is -2.49. The van der Waals surface area contributed by atoms with Crippen molar-refractivity contribution in [3.8, 4) is 0 Å². The zero-order valence-electron chi connectivity index (χ0n) is 17.6. The summed E-state index contributed by atoms with van der Waals surface area (Å²) in [5, 5.41) is 0. The van der Waals surface area contributed by atoms with Crippen LogP contribution in [0.3, 0.4) is 0 Å². The normalized spacial score (nSPS) is 22.8. The summed E-state index contributed by atoms with van der Waals surface area (Å²) in [7, 11) is 0. The summed E-state index contributed by atoms with van der Waals surface area (Å²) in [6.07, 6.45) is 7.00. The van der Waals surface area contributed by atoms with Crippen molar-refractivity contribution in [2.75, 3.05) is 26.2 Å². The summed E-state index contributed by atoms with van der Waals surface area (Å²) in [6, 6.07) is 13.9. The van der Waals surface area contributed by atoms with E-state index in [2.05, 4.69) is 14.4 Å². The SMILES string of the molecule is O=C(c1ccccc1)c1ccc2n1CCC2C(=O)N1CCC(N2CCCCC2)CC1. The molecule has 0 aliphatic carbocycles. The van der Waals surface area contributed by atoms with Crippen molar-refractivity contribution in [3.05, 3.63) is 59.4 Å². The maximum Gasteiger partial charge on any atom is 0.231 e. The van der Waals surface area contributed by atoms with Gasteiger partial charge < -0.3 is 14.4 Å². The second-order valence-electron chi connectivity index (χ2n) is 8.98. The fourth-order valence-corrected chi connectivity index (χ4v) is 5.58. The molecule has 1 aromatic carbocycles. The predicted octanol–water partition coefficient (Wildman–Crippen LogP) is 3.68. The lowest BCUT2D eigenvalue weighted by Gasteiger charge is -2.40. The lowest BCUT2D eigenvalue weighted by molar-refractivity contribution is -0.134. The Kier molecular flexibility index (Phi) is 5.47. The highest BCUT2D eigenvalue weighted by molar-refractivity contribution is 6.08. The number of aromatic nitrogens is 1. The average Bonchev–Trinajstić information content (AvgIpc) is 3.42. The average molecular weight is 406 g/mol. The Bertz CT molecular complexity index is 906. The molecule has 4 heterocycles. The molecule has 1 aromatic heterocycles. The summed E-state index contributed by atoms with van der Waals surface area (Å²) < 4.78 is 2.07. The van der Waals surface area contributed by atoms with E-state index in [0.29, 0.717) is 17.3 Å². The highest BCUT2D eigenvalue weighted by Crippen LogP contribution is 2.34. The van der Waals surface area contributed by atoms with E-state index in [9.17, 15) is 9.59 Å². The number of fused-ring (bicyclic) bond motifs is 1. The molecule has 0 N–H and O–H groups in total. The highest BCUT2D eigenvalue weighted by atomic mass is 16.2. The molecule has 158 valence electrons. The van der Waals surface area contributed by atoms with Crippen LogP contribution >= 0.6 is 0 Å². The number of carbonyl (C=O) groups excluding carboxylic acids is 2. The van der Waals surface area contributed by atoms with E-state index in [0.717, 1.165) is 44.6 Å². The van der Waals surface area contributed by atoms with E-state index in [1.54, 1.807) is 0 Å². The number of amides is 1. The van der Waals surface area contributed by atoms with Crippen LogP contribution in [0.25, 0.3) is 0 Å². The fraction of sp³-hybridized carbons (Fsp3) is 0.520. The number of ketones is 1. The molecule has 0 spiro atoms. The largest absolute Gasteiger partial charge is 0.342 e. The maximum atomic E-state index is 13.3. The van der Waals surface area contributed by atoms with Gasteiger partial charge in [0.15, 0.2) is 0 Å². The number of hydrogen-bond acceptors (Lipinski definition) is 3. The van der Waals surface area contributed by atoms with Gasteiger partial charge in [-0.1, -0.05) is 36.8 Å². The molecule has 2 saturated heterocycles. The first kappa shape index (κ1) is 19.6. The summed E-state index contributed by atoms with van der Waals surface area (Å²) >= 11 is 0. The number of carbonyl (C=O) groups is 2. The van der Waals surface area contributed by atoms with Crippen LogP contribution in [0.5, 0.6) is 0 Å². The molecule has 3 aliphatic rings. The number of piperidine rings is 2. The van der Waals surface area contributed by atoms with Crippen molar-refractivity contribution in [3.63, 3.8) is 0 Å². The van der Waals surface area contributed by atoms with E-state index in [-0.39, 0.29) is 17.6 Å². The molecule has 5 rings (SSSR count). The van der Waals surface area contributed by atoms with Gasteiger partial charge in [0.2, 0.25) is 11.7 Å². The molecule has 30 heavy (non-hydrogen) atoms. The molecule has 0 saturated carbocycles. The van der Waals surface area contributed by atoms with Crippen molar-refractivity contribution in [1.82, 2.24) is 14.4 Å². The second kappa shape index (κ2) is 8.38. The van der Waals surface area contributed by atoms with Crippen molar-refractivity contribution >= 4 is 11.7 Å². The van der Waals surface area contributed by atoms with Crippen LogP contribution in [0.4, 0.5) is 0 Å². The first-order valence-electron chi connectivity index (χ1n) is 11.5. The Morgan fingerprint density at radius 2 is 1.50 bits per heavy atom. The summed E-state index contributed by atoms with van der Waals surface area (Å²) in [6.45, 7) is 4.94. The van der Waals surface area contributed by atoms with E-state index < -0.39 is 0 Å². The molecular weight excluding hydrogens is 374 g/mol. The summed E-state index contributed by atoms with van der Waals surface area (Å²) in [4.78, 5) is 30.9. The fourth-order valence-electron chi connectivity index (χ4n) is 5.58. The van der Waals surface area contributed by atoms with Crippen molar-refractivity contribution in [2.45, 2.75) is 57.0 Å². The zero-order valence-corrected chi connectivity index (χ0v) is 17.6. The Balaban J connectivity index is 1.25. The predicted molar refractivity (Wildman–Crippen MR) is 117 cm³/mol. The monoisotopic (exact) mass is 405 g/mol. The lowest BCUT2D eigenvalue weighted by atomic mass is 9.97. The van der Waals surface area contributed by atoms with E-state index in [1.807, 2.05) is 42.5 Å². The summed E-state index contributed by atoms with van der Waals surface area (Å²) in [5.41, 5.74) is 2.42. The van der Waals surface area contributed by atoms with Crippen molar-refractivity contribution < 1.29 is 9.59 Å². The molecule has 0 radical (unpaired) electrons. The highest BCUT2D eigenvalue weighted by Gasteiger charge is 2.36. The number of nitrogens with zero attached hydrogens (tertiary/aromatic N) is 3. The first-order chi connectivity index (χ1) is 14.7. The standard InChI is InChI=1S/C25H31N3O2/c29-24(19-7-3-1-4-8-19)23-10-9-22-21(13-18-28(22)23)25(30)27-16-11-20(12-17-27)26-14-5-2-6-15-26/h1,3-4,7-10,20-21H,2,5-6,11-18H2. The van der Waals surface area contributed by atoms with Gasteiger partial charge in [-0.2, -0.15) is 0 Å². The van der Waals surface area contributed by atoms with Crippen molar-refractivity contribution in [2.24, 2.45) is 0 Å². The Labute approximate surface area is 178 Å². The second-order valence-corrected chi connectivity index (χ2v) is 8.98. The van der Waals surface area contributed by atoms with Crippen LogP contribution in [0, 0.1) is 0 Å². The quantitative estimate of drug-likeness (QED) is 0.729. The smallest absolute Gasteiger partial charge is 0.231 e. The van der Waals surface area contributed by atoms with Gasteiger partial charge >= 0.3 is 0 Å². The Morgan fingerprint density at radius 3 is 2.23 bits per heavy atom. The molecule has 5 nitrogen and oxygen atoms in total. The third-order valence-electron chi connectivity index (χ3n) is 7.26. The molecule has 3 aliphatic heterocycles. The topological polar surface area (TPSA) is 45.6 Å². The van der Waals surface area contributed by atoms with Gasteiger partial charge in [-0.3, -0.25) is 9.59 Å². The molecule has 0 bridgehead atoms. The van der Waals surface area contributed by atoms with E-state index >= 15 is 0 Å². The van der Waals surface area contributed by atoms with Crippen LogP contribution in [0.1, 0.15) is 66.2 Å².